The Labute approximate surface area is 142 Å². The van der Waals surface area contributed by atoms with Crippen molar-refractivity contribution in [3.05, 3.63) is 29.8 Å². The van der Waals surface area contributed by atoms with Gasteiger partial charge in [-0.2, -0.15) is 0 Å². The Bertz CT molecular complexity index is 410. The van der Waals surface area contributed by atoms with Gasteiger partial charge in [-0.15, -0.1) is 0 Å². The minimum atomic E-state index is 0.798. The van der Waals surface area contributed by atoms with Crippen molar-refractivity contribution in [1.29, 1.82) is 0 Å². The molecule has 3 nitrogen and oxygen atoms in total. The molecule has 1 saturated heterocycles. The molecule has 0 radical (unpaired) electrons. The summed E-state index contributed by atoms with van der Waals surface area (Å²) in [4.78, 5) is 2.61. The van der Waals surface area contributed by atoms with Crippen molar-refractivity contribution in [1.82, 2.24) is 10.2 Å². The molecule has 1 aromatic carbocycles. The van der Waals surface area contributed by atoms with Gasteiger partial charge in [0.15, 0.2) is 0 Å². The lowest BCUT2D eigenvalue weighted by Crippen LogP contribution is -2.38. The Morgan fingerprint density at radius 3 is 2.48 bits per heavy atom. The van der Waals surface area contributed by atoms with Gasteiger partial charge in [-0.25, -0.2) is 0 Å². The molecule has 0 bridgehead atoms. The first-order chi connectivity index (χ1) is 11.3. The second kappa shape index (κ2) is 10.7. The van der Waals surface area contributed by atoms with Crippen LogP contribution >= 0.6 is 0 Å². The van der Waals surface area contributed by atoms with Crippen molar-refractivity contribution < 1.29 is 4.74 Å². The second-order valence-electron chi connectivity index (χ2n) is 6.74. The van der Waals surface area contributed by atoms with Gasteiger partial charge >= 0.3 is 0 Å². The predicted molar refractivity (Wildman–Crippen MR) is 98.0 cm³/mol. The summed E-state index contributed by atoms with van der Waals surface area (Å²) in [5.74, 6) is 1.96. The zero-order valence-electron chi connectivity index (χ0n) is 15.0. The fourth-order valence-electron chi connectivity index (χ4n) is 3.30. The number of piperidine rings is 1. The monoisotopic (exact) mass is 318 g/mol. The molecule has 23 heavy (non-hydrogen) atoms. The maximum Gasteiger partial charge on any atom is 0.119 e. The second-order valence-corrected chi connectivity index (χ2v) is 6.74. The van der Waals surface area contributed by atoms with Gasteiger partial charge in [-0.05, 0) is 56.0 Å². The molecule has 0 spiro atoms. The number of nitrogens with zero attached hydrogens (tertiary/aromatic N) is 1. The van der Waals surface area contributed by atoms with Crippen molar-refractivity contribution in [2.24, 2.45) is 5.92 Å². The van der Waals surface area contributed by atoms with Crippen molar-refractivity contribution in [2.75, 3.05) is 32.8 Å². The van der Waals surface area contributed by atoms with E-state index in [4.69, 9.17) is 4.74 Å². The standard InChI is InChI=1S/C20H34N2O/c1-3-5-18-10-13-22(14-11-18)15-12-21-17-19-6-8-20(9-7-19)23-16-4-2/h6-9,18,21H,3-5,10-17H2,1-2H3. The van der Waals surface area contributed by atoms with Crippen LogP contribution in [0.2, 0.25) is 0 Å². The molecule has 0 aliphatic carbocycles. The van der Waals surface area contributed by atoms with Crippen LogP contribution in [0.15, 0.2) is 24.3 Å². The summed E-state index contributed by atoms with van der Waals surface area (Å²) in [6.07, 6.45) is 6.61. The molecular weight excluding hydrogens is 284 g/mol. The highest BCUT2D eigenvalue weighted by Gasteiger charge is 2.17. The maximum atomic E-state index is 5.61. The van der Waals surface area contributed by atoms with E-state index in [1.54, 1.807) is 0 Å². The van der Waals surface area contributed by atoms with E-state index in [0.717, 1.165) is 37.8 Å². The van der Waals surface area contributed by atoms with Crippen LogP contribution in [-0.4, -0.2) is 37.7 Å². The third kappa shape index (κ3) is 6.92. The third-order valence-electron chi connectivity index (χ3n) is 4.73. The van der Waals surface area contributed by atoms with Crippen LogP contribution in [0.3, 0.4) is 0 Å². The minimum Gasteiger partial charge on any atom is -0.494 e. The molecule has 0 atom stereocenters. The Balaban J connectivity index is 1.57. The van der Waals surface area contributed by atoms with E-state index in [0.29, 0.717) is 0 Å². The Hall–Kier alpha value is -1.06. The average Bonchev–Trinajstić information content (AvgIpc) is 2.59. The normalized spacial score (nSPS) is 16.6. The topological polar surface area (TPSA) is 24.5 Å². The summed E-state index contributed by atoms with van der Waals surface area (Å²) in [5.41, 5.74) is 1.33. The molecule has 0 amide bonds. The van der Waals surface area contributed by atoms with E-state index in [9.17, 15) is 0 Å². The Kier molecular flexibility index (Phi) is 8.48. The lowest BCUT2D eigenvalue weighted by atomic mass is 9.92. The highest BCUT2D eigenvalue weighted by atomic mass is 16.5. The van der Waals surface area contributed by atoms with Crippen molar-refractivity contribution >= 4 is 0 Å². The number of hydrogen-bond donors (Lipinski definition) is 1. The van der Waals surface area contributed by atoms with Gasteiger partial charge in [0.2, 0.25) is 0 Å². The van der Waals surface area contributed by atoms with Crippen LogP contribution in [0.1, 0.15) is 51.5 Å². The predicted octanol–water partition coefficient (Wildman–Crippen LogP) is 4.08. The fraction of sp³-hybridized carbons (Fsp3) is 0.700. The largest absolute Gasteiger partial charge is 0.494 e. The molecule has 2 rings (SSSR count). The van der Waals surface area contributed by atoms with E-state index >= 15 is 0 Å². The molecule has 130 valence electrons. The van der Waals surface area contributed by atoms with Gasteiger partial charge in [-0.3, -0.25) is 0 Å². The summed E-state index contributed by atoms with van der Waals surface area (Å²) < 4.78 is 5.61. The fourth-order valence-corrected chi connectivity index (χ4v) is 3.30. The SMILES string of the molecule is CCCOc1ccc(CNCCN2CCC(CCC)CC2)cc1. The first-order valence-corrected chi connectivity index (χ1v) is 9.46. The van der Waals surface area contributed by atoms with Crippen LogP contribution in [0.4, 0.5) is 0 Å². The van der Waals surface area contributed by atoms with Gasteiger partial charge in [0.1, 0.15) is 5.75 Å². The summed E-state index contributed by atoms with van der Waals surface area (Å²) in [7, 11) is 0. The number of hydrogen-bond acceptors (Lipinski definition) is 3. The van der Waals surface area contributed by atoms with E-state index < -0.39 is 0 Å². The van der Waals surface area contributed by atoms with E-state index in [2.05, 4.69) is 48.3 Å². The molecule has 0 aromatic heterocycles. The molecule has 1 aromatic rings. The lowest BCUT2D eigenvalue weighted by Gasteiger charge is -2.31. The third-order valence-corrected chi connectivity index (χ3v) is 4.73. The van der Waals surface area contributed by atoms with Crippen LogP contribution in [0, 0.1) is 5.92 Å². The molecule has 1 aliphatic rings. The molecule has 0 unspecified atom stereocenters. The van der Waals surface area contributed by atoms with Gasteiger partial charge < -0.3 is 15.0 Å². The van der Waals surface area contributed by atoms with E-state index in [-0.39, 0.29) is 0 Å². The molecule has 1 N–H and O–H groups in total. The number of likely N-dealkylation sites (tertiary alicyclic amines) is 1. The van der Waals surface area contributed by atoms with Crippen molar-refractivity contribution in [3.63, 3.8) is 0 Å². The first-order valence-electron chi connectivity index (χ1n) is 9.46. The average molecular weight is 319 g/mol. The van der Waals surface area contributed by atoms with Crippen molar-refractivity contribution in [3.8, 4) is 5.75 Å². The Morgan fingerprint density at radius 1 is 1.09 bits per heavy atom. The zero-order chi connectivity index (χ0) is 16.3. The van der Waals surface area contributed by atoms with Gasteiger partial charge in [0, 0.05) is 19.6 Å². The quantitative estimate of drug-likeness (QED) is 0.658. The van der Waals surface area contributed by atoms with Crippen LogP contribution in [0.25, 0.3) is 0 Å². The Morgan fingerprint density at radius 2 is 1.83 bits per heavy atom. The van der Waals surface area contributed by atoms with Crippen LogP contribution in [0.5, 0.6) is 5.75 Å². The summed E-state index contributed by atoms with van der Waals surface area (Å²) in [6.45, 7) is 11.0. The molecule has 1 fully saturated rings. The lowest BCUT2D eigenvalue weighted by molar-refractivity contribution is 0.179. The highest BCUT2D eigenvalue weighted by molar-refractivity contribution is 5.27. The molecule has 3 heteroatoms. The van der Waals surface area contributed by atoms with Crippen LogP contribution in [-0.2, 0) is 6.54 Å². The van der Waals surface area contributed by atoms with Gasteiger partial charge in [-0.1, -0.05) is 38.8 Å². The molecule has 1 heterocycles. The maximum absolute atomic E-state index is 5.61. The highest BCUT2D eigenvalue weighted by Crippen LogP contribution is 2.21. The van der Waals surface area contributed by atoms with Gasteiger partial charge in [0.25, 0.3) is 0 Å². The van der Waals surface area contributed by atoms with E-state index in [1.807, 2.05) is 0 Å². The van der Waals surface area contributed by atoms with Crippen LogP contribution < -0.4 is 10.1 Å². The minimum absolute atomic E-state index is 0.798. The number of ether oxygens (including phenoxy) is 1. The summed E-state index contributed by atoms with van der Waals surface area (Å²) >= 11 is 0. The smallest absolute Gasteiger partial charge is 0.119 e. The van der Waals surface area contributed by atoms with Gasteiger partial charge in [0.05, 0.1) is 6.61 Å². The summed E-state index contributed by atoms with van der Waals surface area (Å²) in [5, 5.41) is 3.57. The summed E-state index contributed by atoms with van der Waals surface area (Å²) in [6, 6.07) is 8.47. The number of benzene rings is 1. The van der Waals surface area contributed by atoms with Crippen molar-refractivity contribution in [2.45, 2.75) is 52.5 Å². The number of rotatable bonds is 10. The molecule has 0 saturated carbocycles. The van der Waals surface area contributed by atoms with E-state index in [1.165, 1.54) is 50.9 Å². The molecule has 1 aliphatic heterocycles. The zero-order valence-corrected chi connectivity index (χ0v) is 15.0. The molecular formula is C20H34N2O. The first kappa shape index (κ1) is 18.3. The number of nitrogens with one attached hydrogen (secondary N) is 1.